The minimum atomic E-state index is -3.37. The van der Waals surface area contributed by atoms with Crippen molar-refractivity contribution in [1.29, 1.82) is 0 Å². The number of ether oxygens (including phenoxy) is 2. The molecule has 0 aromatic heterocycles. The first kappa shape index (κ1) is 24.9. The van der Waals surface area contributed by atoms with Crippen LogP contribution in [-0.4, -0.2) is 57.2 Å². The molecule has 0 heterocycles. The van der Waals surface area contributed by atoms with Crippen molar-refractivity contribution in [3.05, 3.63) is 59.7 Å². The molecule has 0 fully saturated rings. The molecule has 2 N–H and O–H groups in total. The van der Waals surface area contributed by atoms with Gasteiger partial charge in [-0.2, -0.15) is 0 Å². The topological polar surface area (TPSA) is 119 Å². The fourth-order valence-corrected chi connectivity index (χ4v) is 3.83. The SMILES string of the molecule is CCS(=O)(=O)CCC(NC(=O)/C(=C/c1ccc(OC)c(OC)c1)c1ccccc1)C(=O)O. The van der Waals surface area contributed by atoms with Gasteiger partial charge >= 0.3 is 5.97 Å². The predicted molar refractivity (Wildman–Crippen MR) is 122 cm³/mol. The third kappa shape index (κ3) is 6.84. The zero-order valence-electron chi connectivity index (χ0n) is 18.2. The van der Waals surface area contributed by atoms with E-state index in [1.54, 1.807) is 54.6 Å². The molecule has 0 saturated carbocycles. The highest BCUT2D eigenvalue weighted by Crippen LogP contribution is 2.29. The van der Waals surface area contributed by atoms with E-state index in [2.05, 4.69) is 5.32 Å². The zero-order chi connectivity index (χ0) is 23.7. The van der Waals surface area contributed by atoms with Crippen molar-refractivity contribution >= 4 is 33.4 Å². The van der Waals surface area contributed by atoms with Crippen LogP contribution in [0.1, 0.15) is 24.5 Å². The Morgan fingerprint density at radius 1 is 1.06 bits per heavy atom. The number of hydrogen-bond acceptors (Lipinski definition) is 6. The lowest BCUT2D eigenvalue weighted by Gasteiger charge is -2.16. The third-order valence-corrected chi connectivity index (χ3v) is 6.55. The number of sulfone groups is 1. The number of carboxylic acid groups (broad SMARTS) is 1. The van der Waals surface area contributed by atoms with Crippen molar-refractivity contribution < 1.29 is 32.6 Å². The molecule has 0 saturated heterocycles. The number of methoxy groups -OCH3 is 2. The molecule has 0 bridgehead atoms. The number of rotatable bonds is 11. The molecule has 1 atom stereocenters. The quantitative estimate of drug-likeness (QED) is 0.390. The molecular formula is C23H27NO7S. The molecule has 0 aliphatic carbocycles. The number of aliphatic carboxylic acids is 1. The summed E-state index contributed by atoms with van der Waals surface area (Å²) in [7, 11) is -0.361. The Kier molecular flexibility index (Phi) is 8.83. The van der Waals surface area contributed by atoms with E-state index in [-0.39, 0.29) is 23.5 Å². The summed E-state index contributed by atoms with van der Waals surface area (Å²) in [4.78, 5) is 24.7. The van der Waals surface area contributed by atoms with Gasteiger partial charge in [0.25, 0.3) is 5.91 Å². The molecule has 2 rings (SSSR count). The van der Waals surface area contributed by atoms with Gasteiger partial charge in [-0.05, 0) is 35.8 Å². The Balaban J connectivity index is 2.39. The molecule has 32 heavy (non-hydrogen) atoms. The number of carbonyl (C=O) groups excluding carboxylic acids is 1. The Morgan fingerprint density at radius 3 is 2.28 bits per heavy atom. The summed E-state index contributed by atoms with van der Waals surface area (Å²) in [6.07, 6.45) is 1.38. The van der Waals surface area contributed by atoms with E-state index in [0.29, 0.717) is 22.6 Å². The van der Waals surface area contributed by atoms with Crippen molar-refractivity contribution in [1.82, 2.24) is 5.32 Å². The molecule has 1 unspecified atom stereocenters. The third-order valence-electron chi connectivity index (χ3n) is 4.81. The van der Waals surface area contributed by atoms with Gasteiger partial charge in [-0.3, -0.25) is 4.79 Å². The monoisotopic (exact) mass is 461 g/mol. The van der Waals surface area contributed by atoms with Crippen LogP contribution in [0.4, 0.5) is 0 Å². The van der Waals surface area contributed by atoms with Crippen molar-refractivity contribution in [3.63, 3.8) is 0 Å². The van der Waals surface area contributed by atoms with Gasteiger partial charge in [0.1, 0.15) is 15.9 Å². The average molecular weight is 462 g/mol. The van der Waals surface area contributed by atoms with Gasteiger partial charge in [0.15, 0.2) is 11.5 Å². The standard InChI is InChI=1S/C23H27NO7S/c1-4-32(28,29)13-12-19(23(26)27)24-22(25)18(17-8-6-5-7-9-17)14-16-10-11-20(30-2)21(15-16)31-3/h5-11,14-15,19H,4,12-13H2,1-3H3,(H,24,25)(H,26,27)/b18-14+. The second-order valence-corrected chi connectivity index (χ2v) is 9.40. The van der Waals surface area contributed by atoms with Crippen LogP contribution in [0.15, 0.2) is 48.5 Å². The molecule has 2 aromatic carbocycles. The fraction of sp³-hybridized carbons (Fsp3) is 0.304. The number of benzene rings is 2. The molecule has 0 aliphatic heterocycles. The lowest BCUT2D eigenvalue weighted by molar-refractivity contribution is -0.141. The normalized spacial score (nSPS) is 12.7. The smallest absolute Gasteiger partial charge is 0.326 e. The van der Waals surface area contributed by atoms with E-state index in [0.717, 1.165) is 0 Å². The number of amides is 1. The largest absolute Gasteiger partial charge is 0.493 e. The van der Waals surface area contributed by atoms with Crippen molar-refractivity contribution in [2.75, 3.05) is 25.7 Å². The lowest BCUT2D eigenvalue weighted by Crippen LogP contribution is -2.42. The summed E-state index contributed by atoms with van der Waals surface area (Å²) < 4.78 is 34.1. The van der Waals surface area contributed by atoms with Crippen LogP contribution >= 0.6 is 0 Å². The number of hydrogen-bond donors (Lipinski definition) is 2. The van der Waals surface area contributed by atoms with Crippen molar-refractivity contribution in [2.45, 2.75) is 19.4 Å². The Labute approximate surface area is 187 Å². The van der Waals surface area contributed by atoms with Gasteiger partial charge in [-0.1, -0.05) is 43.3 Å². The van der Waals surface area contributed by atoms with Gasteiger partial charge in [-0.25, -0.2) is 13.2 Å². The molecule has 0 spiro atoms. The summed E-state index contributed by atoms with van der Waals surface area (Å²) in [6.45, 7) is 1.49. The molecule has 0 aliphatic rings. The highest BCUT2D eigenvalue weighted by atomic mass is 32.2. The van der Waals surface area contributed by atoms with Crippen LogP contribution in [0.25, 0.3) is 11.6 Å². The lowest BCUT2D eigenvalue weighted by atomic mass is 10.0. The van der Waals surface area contributed by atoms with Crippen LogP contribution in [0, 0.1) is 0 Å². The maximum Gasteiger partial charge on any atom is 0.326 e. The van der Waals surface area contributed by atoms with Crippen LogP contribution < -0.4 is 14.8 Å². The highest BCUT2D eigenvalue weighted by molar-refractivity contribution is 7.91. The fourth-order valence-electron chi connectivity index (χ4n) is 2.94. The first-order valence-corrected chi connectivity index (χ1v) is 11.8. The van der Waals surface area contributed by atoms with E-state index >= 15 is 0 Å². The van der Waals surface area contributed by atoms with Crippen LogP contribution in [-0.2, 0) is 19.4 Å². The van der Waals surface area contributed by atoms with Gasteiger partial charge in [0, 0.05) is 11.3 Å². The molecule has 2 aromatic rings. The molecule has 9 heteroatoms. The zero-order valence-corrected chi connectivity index (χ0v) is 19.0. The van der Waals surface area contributed by atoms with Crippen molar-refractivity contribution in [3.8, 4) is 11.5 Å². The summed E-state index contributed by atoms with van der Waals surface area (Å²) in [6, 6.07) is 12.5. The minimum Gasteiger partial charge on any atom is -0.493 e. The van der Waals surface area contributed by atoms with Crippen LogP contribution in [0.3, 0.4) is 0 Å². The number of nitrogens with one attached hydrogen (secondary N) is 1. The Bertz CT molecular complexity index is 1080. The summed E-state index contributed by atoms with van der Waals surface area (Å²) in [5.41, 5.74) is 1.43. The first-order valence-electron chi connectivity index (χ1n) is 9.94. The van der Waals surface area contributed by atoms with Gasteiger partial charge in [0.05, 0.1) is 20.0 Å². The van der Waals surface area contributed by atoms with E-state index in [4.69, 9.17) is 9.47 Å². The maximum absolute atomic E-state index is 13.1. The molecular weight excluding hydrogens is 434 g/mol. The second kappa shape index (κ2) is 11.3. The maximum atomic E-state index is 13.1. The van der Waals surface area contributed by atoms with Crippen molar-refractivity contribution in [2.24, 2.45) is 0 Å². The van der Waals surface area contributed by atoms with E-state index in [1.807, 2.05) is 0 Å². The van der Waals surface area contributed by atoms with Gasteiger partial charge in [0.2, 0.25) is 0 Å². The van der Waals surface area contributed by atoms with Crippen LogP contribution in [0.2, 0.25) is 0 Å². The number of carbonyl (C=O) groups is 2. The summed E-state index contributed by atoms with van der Waals surface area (Å²) >= 11 is 0. The van der Waals surface area contributed by atoms with Gasteiger partial charge < -0.3 is 19.9 Å². The average Bonchev–Trinajstić information content (AvgIpc) is 2.80. The van der Waals surface area contributed by atoms with E-state index in [1.165, 1.54) is 21.1 Å². The van der Waals surface area contributed by atoms with E-state index in [9.17, 15) is 23.1 Å². The first-order chi connectivity index (χ1) is 15.2. The summed E-state index contributed by atoms with van der Waals surface area (Å²) in [5, 5.41) is 12.0. The van der Waals surface area contributed by atoms with Gasteiger partial charge in [-0.15, -0.1) is 0 Å². The molecule has 1 amide bonds. The molecule has 0 radical (unpaired) electrons. The second-order valence-electron chi connectivity index (χ2n) is 6.93. The molecule has 172 valence electrons. The summed E-state index contributed by atoms with van der Waals surface area (Å²) in [5.74, 6) is -1.36. The minimum absolute atomic E-state index is 0.0955. The molecule has 8 nitrogen and oxygen atoms in total. The Morgan fingerprint density at radius 2 is 1.72 bits per heavy atom. The highest BCUT2D eigenvalue weighted by Gasteiger charge is 2.24. The predicted octanol–water partition coefficient (Wildman–Crippen LogP) is 2.64. The number of carboxylic acids is 1. The Hall–Kier alpha value is -3.33. The van der Waals surface area contributed by atoms with Crippen LogP contribution in [0.5, 0.6) is 11.5 Å². The van der Waals surface area contributed by atoms with E-state index < -0.39 is 27.8 Å².